The largest absolute Gasteiger partial charge is 0.379 e. The van der Waals surface area contributed by atoms with Crippen molar-refractivity contribution in [3.8, 4) is 0 Å². The van der Waals surface area contributed by atoms with Crippen LogP contribution in [0, 0.1) is 0 Å². The van der Waals surface area contributed by atoms with Crippen LogP contribution in [-0.4, -0.2) is 55.7 Å². The van der Waals surface area contributed by atoms with Gasteiger partial charge in [-0.3, -0.25) is 4.90 Å². The fraction of sp³-hybridized carbons (Fsp3) is 0.381. The van der Waals surface area contributed by atoms with Gasteiger partial charge in [0.15, 0.2) is 0 Å². The lowest BCUT2D eigenvalue weighted by atomic mass is 10.1. The number of hydrogen-bond acceptors (Lipinski definition) is 3. The van der Waals surface area contributed by atoms with E-state index in [0.717, 1.165) is 44.0 Å². The van der Waals surface area contributed by atoms with E-state index in [0.29, 0.717) is 16.6 Å². The maximum absolute atomic E-state index is 12.8. The van der Waals surface area contributed by atoms with Gasteiger partial charge in [0.1, 0.15) is 0 Å². The zero-order valence-corrected chi connectivity index (χ0v) is 17.4. The molecule has 0 aliphatic carbocycles. The molecule has 1 aliphatic rings. The molecule has 2 amide bonds. The third-order valence-electron chi connectivity index (χ3n) is 4.79. The van der Waals surface area contributed by atoms with Crippen molar-refractivity contribution in [3.05, 3.63) is 69.7 Å². The first-order valence-electron chi connectivity index (χ1n) is 9.33. The highest BCUT2D eigenvalue weighted by Crippen LogP contribution is 2.23. The van der Waals surface area contributed by atoms with Gasteiger partial charge in [-0.2, -0.15) is 0 Å². The minimum Gasteiger partial charge on any atom is -0.379 e. The maximum Gasteiger partial charge on any atom is 0.317 e. The lowest BCUT2D eigenvalue weighted by Gasteiger charge is -2.32. The van der Waals surface area contributed by atoms with Crippen LogP contribution in [0.3, 0.4) is 0 Å². The second-order valence-corrected chi connectivity index (χ2v) is 7.74. The third kappa shape index (κ3) is 5.85. The van der Waals surface area contributed by atoms with E-state index < -0.39 is 0 Å². The average molecular weight is 422 g/mol. The highest BCUT2D eigenvalue weighted by molar-refractivity contribution is 6.42. The zero-order valence-electron chi connectivity index (χ0n) is 15.9. The van der Waals surface area contributed by atoms with Crippen LogP contribution in [0.25, 0.3) is 0 Å². The van der Waals surface area contributed by atoms with E-state index in [1.165, 1.54) is 0 Å². The lowest BCUT2D eigenvalue weighted by molar-refractivity contribution is 0.0337. The zero-order chi connectivity index (χ0) is 19.9. The Hall–Kier alpha value is -1.79. The van der Waals surface area contributed by atoms with Gasteiger partial charge in [-0.25, -0.2) is 4.79 Å². The molecular formula is C21H25Cl2N3O2. The van der Waals surface area contributed by atoms with Gasteiger partial charge in [-0.15, -0.1) is 0 Å². The Morgan fingerprint density at radius 1 is 1.14 bits per heavy atom. The van der Waals surface area contributed by atoms with Gasteiger partial charge in [-0.1, -0.05) is 59.6 Å². The summed E-state index contributed by atoms with van der Waals surface area (Å²) >= 11 is 12.1. The predicted molar refractivity (Wildman–Crippen MR) is 113 cm³/mol. The number of morpholine rings is 1. The second kappa shape index (κ2) is 10.1. The summed E-state index contributed by atoms with van der Waals surface area (Å²) in [5.41, 5.74) is 2.02. The molecule has 1 saturated heterocycles. The monoisotopic (exact) mass is 421 g/mol. The minimum absolute atomic E-state index is 0.0944. The van der Waals surface area contributed by atoms with Gasteiger partial charge in [0, 0.05) is 33.2 Å². The van der Waals surface area contributed by atoms with E-state index in [-0.39, 0.29) is 12.1 Å². The molecule has 2 aromatic rings. The molecule has 0 saturated carbocycles. The summed E-state index contributed by atoms with van der Waals surface area (Å²) < 4.78 is 5.43. The maximum atomic E-state index is 12.8. The number of nitrogens with one attached hydrogen (secondary N) is 1. The molecule has 28 heavy (non-hydrogen) atoms. The SMILES string of the molecule is CN(Cc1ccc(Cl)c(Cl)c1)C(=O)NC(CN1CCOCC1)c1ccccc1. The summed E-state index contributed by atoms with van der Waals surface area (Å²) in [6.45, 7) is 4.40. The Labute approximate surface area is 176 Å². The standard InChI is InChI=1S/C21H25Cl2N3O2/c1-25(14-16-7-8-18(22)19(23)13-16)21(27)24-20(17-5-3-2-4-6-17)15-26-9-11-28-12-10-26/h2-8,13,20H,9-12,14-15H2,1H3,(H,24,27). The molecule has 0 bridgehead atoms. The van der Waals surface area contributed by atoms with E-state index in [4.69, 9.17) is 27.9 Å². The molecule has 150 valence electrons. The van der Waals surface area contributed by atoms with Gasteiger partial charge in [0.05, 0.1) is 29.3 Å². The topological polar surface area (TPSA) is 44.8 Å². The first-order chi connectivity index (χ1) is 13.5. The summed E-state index contributed by atoms with van der Waals surface area (Å²) in [5.74, 6) is 0. The van der Waals surface area contributed by atoms with Crippen LogP contribution in [-0.2, 0) is 11.3 Å². The highest BCUT2D eigenvalue weighted by atomic mass is 35.5. The van der Waals surface area contributed by atoms with E-state index >= 15 is 0 Å². The second-order valence-electron chi connectivity index (χ2n) is 6.93. The molecule has 7 heteroatoms. The molecule has 1 atom stereocenters. The molecule has 2 aromatic carbocycles. The van der Waals surface area contributed by atoms with Crippen LogP contribution in [0.4, 0.5) is 4.79 Å². The normalized spacial score (nSPS) is 15.8. The summed E-state index contributed by atoms with van der Waals surface area (Å²) in [4.78, 5) is 16.8. The molecule has 1 aliphatic heterocycles. The fourth-order valence-corrected chi connectivity index (χ4v) is 3.53. The number of benzene rings is 2. The Kier molecular flexibility index (Phi) is 7.57. The Morgan fingerprint density at radius 3 is 2.54 bits per heavy atom. The summed E-state index contributed by atoms with van der Waals surface area (Å²) in [6.07, 6.45) is 0. The first-order valence-corrected chi connectivity index (χ1v) is 10.1. The number of carbonyl (C=O) groups is 1. The van der Waals surface area contributed by atoms with Crippen molar-refractivity contribution >= 4 is 29.2 Å². The first kappa shape index (κ1) is 20.9. The van der Waals surface area contributed by atoms with Gasteiger partial charge in [-0.05, 0) is 23.3 Å². The highest BCUT2D eigenvalue weighted by Gasteiger charge is 2.21. The quantitative estimate of drug-likeness (QED) is 0.759. The number of ether oxygens (including phenoxy) is 1. The Balaban J connectivity index is 1.66. The molecule has 0 spiro atoms. The number of rotatable bonds is 6. The van der Waals surface area contributed by atoms with Crippen molar-refractivity contribution in [2.75, 3.05) is 39.9 Å². The van der Waals surface area contributed by atoms with E-state index in [9.17, 15) is 4.79 Å². The van der Waals surface area contributed by atoms with E-state index in [1.807, 2.05) is 36.4 Å². The van der Waals surface area contributed by atoms with Crippen LogP contribution < -0.4 is 5.32 Å². The molecule has 0 aromatic heterocycles. The van der Waals surface area contributed by atoms with Crippen molar-refractivity contribution in [3.63, 3.8) is 0 Å². The molecule has 1 fully saturated rings. The average Bonchev–Trinajstić information content (AvgIpc) is 2.71. The molecule has 0 radical (unpaired) electrons. The lowest BCUT2D eigenvalue weighted by Crippen LogP contribution is -2.45. The Bertz CT molecular complexity index is 782. The van der Waals surface area contributed by atoms with Gasteiger partial charge in [0.2, 0.25) is 0 Å². The van der Waals surface area contributed by atoms with Crippen molar-refractivity contribution in [2.24, 2.45) is 0 Å². The number of amides is 2. The molecule has 5 nitrogen and oxygen atoms in total. The molecule has 3 rings (SSSR count). The van der Waals surface area contributed by atoms with Crippen molar-refractivity contribution in [1.29, 1.82) is 0 Å². The summed E-state index contributed by atoms with van der Waals surface area (Å²) in [7, 11) is 1.77. The van der Waals surface area contributed by atoms with Crippen LogP contribution in [0.5, 0.6) is 0 Å². The Morgan fingerprint density at radius 2 is 1.86 bits per heavy atom. The van der Waals surface area contributed by atoms with Crippen molar-refractivity contribution in [2.45, 2.75) is 12.6 Å². The van der Waals surface area contributed by atoms with Crippen molar-refractivity contribution < 1.29 is 9.53 Å². The molecular weight excluding hydrogens is 397 g/mol. The van der Waals surface area contributed by atoms with Crippen LogP contribution in [0.15, 0.2) is 48.5 Å². The van der Waals surface area contributed by atoms with Gasteiger partial charge < -0.3 is 15.0 Å². The summed E-state index contributed by atoms with van der Waals surface area (Å²) in [6, 6.07) is 15.2. The van der Waals surface area contributed by atoms with Crippen molar-refractivity contribution in [1.82, 2.24) is 15.1 Å². The predicted octanol–water partition coefficient (Wildman–Crippen LogP) is 4.21. The van der Waals surface area contributed by atoms with Crippen LogP contribution in [0.2, 0.25) is 10.0 Å². The minimum atomic E-state index is -0.131. The molecule has 1 unspecified atom stereocenters. The van der Waals surface area contributed by atoms with Crippen LogP contribution in [0.1, 0.15) is 17.2 Å². The van der Waals surface area contributed by atoms with Crippen LogP contribution >= 0.6 is 23.2 Å². The molecule has 1 heterocycles. The number of nitrogens with zero attached hydrogens (tertiary/aromatic N) is 2. The van der Waals surface area contributed by atoms with E-state index in [1.54, 1.807) is 24.1 Å². The number of hydrogen-bond donors (Lipinski definition) is 1. The molecule has 1 N–H and O–H groups in total. The number of urea groups is 1. The summed E-state index contributed by atoms with van der Waals surface area (Å²) in [5, 5.41) is 4.17. The third-order valence-corrected chi connectivity index (χ3v) is 5.53. The van der Waals surface area contributed by atoms with E-state index in [2.05, 4.69) is 10.2 Å². The smallest absolute Gasteiger partial charge is 0.317 e. The van der Waals surface area contributed by atoms with Gasteiger partial charge in [0.25, 0.3) is 0 Å². The fourth-order valence-electron chi connectivity index (χ4n) is 3.20. The number of carbonyl (C=O) groups excluding carboxylic acids is 1. The van der Waals surface area contributed by atoms with Gasteiger partial charge >= 0.3 is 6.03 Å². The number of halogens is 2.